The number of fused-ring (bicyclic) bond motifs is 1. The van der Waals surface area contributed by atoms with E-state index in [9.17, 15) is 14.4 Å². The molecule has 1 amide bonds. The number of piperazine rings is 1. The van der Waals surface area contributed by atoms with E-state index in [1.165, 1.54) is 9.13 Å². The van der Waals surface area contributed by atoms with Crippen molar-refractivity contribution in [2.75, 3.05) is 38.2 Å². The number of hydrogen-bond donors (Lipinski definition) is 0. The van der Waals surface area contributed by atoms with Gasteiger partial charge in [-0.1, -0.05) is 30.3 Å². The lowest BCUT2D eigenvalue weighted by atomic mass is 10.1. The van der Waals surface area contributed by atoms with Crippen LogP contribution in [-0.2, 0) is 13.6 Å². The van der Waals surface area contributed by atoms with Gasteiger partial charge >= 0.3 is 11.1 Å². The molecule has 0 unspecified atom stereocenters. The van der Waals surface area contributed by atoms with Gasteiger partial charge in [0, 0.05) is 50.5 Å². The highest BCUT2D eigenvalue weighted by Crippen LogP contribution is 2.22. The van der Waals surface area contributed by atoms with Crippen molar-refractivity contribution in [1.29, 1.82) is 0 Å². The van der Waals surface area contributed by atoms with Gasteiger partial charge in [-0.05, 0) is 42.0 Å². The highest BCUT2D eigenvalue weighted by molar-refractivity contribution is 5.94. The summed E-state index contributed by atoms with van der Waals surface area (Å²) in [7, 11) is 3.26. The predicted octanol–water partition coefficient (Wildman–Crippen LogP) is 2.72. The maximum absolute atomic E-state index is 13.1. The van der Waals surface area contributed by atoms with E-state index in [4.69, 9.17) is 4.74 Å². The van der Waals surface area contributed by atoms with E-state index in [2.05, 4.69) is 11.0 Å². The number of rotatable bonds is 5. The van der Waals surface area contributed by atoms with Crippen molar-refractivity contribution in [2.45, 2.75) is 6.54 Å². The minimum Gasteiger partial charge on any atom is -0.497 e. The smallest absolute Gasteiger partial charge is 0.317 e. The van der Waals surface area contributed by atoms with Crippen LogP contribution in [0.4, 0.5) is 5.69 Å². The molecule has 2 heterocycles. The fraction of sp³-hybridized carbons (Fsp3) is 0.250. The highest BCUT2D eigenvalue weighted by Gasteiger charge is 2.22. The molecule has 1 aliphatic rings. The number of carbonyl (C=O) groups is 1. The molecule has 1 fully saturated rings. The molecule has 0 atom stereocenters. The summed E-state index contributed by atoms with van der Waals surface area (Å²) in [5.41, 5.74) is 2.80. The van der Waals surface area contributed by atoms with E-state index >= 15 is 0 Å². The lowest BCUT2D eigenvalue weighted by molar-refractivity contribution is 0.0746. The molecule has 0 N–H and O–H groups in total. The SMILES string of the molecule is COc1cccc(N2CCN(C(=O)c3ccc(Cn4c(=O)c(=O)n(C)c5ccccc54)cc3)CC2)c1. The number of hydrogen-bond acceptors (Lipinski definition) is 5. The van der Waals surface area contributed by atoms with E-state index in [-0.39, 0.29) is 12.5 Å². The van der Waals surface area contributed by atoms with Gasteiger partial charge in [0.05, 0.1) is 24.7 Å². The summed E-state index contributed by atoms with van der Waals surface area (Å²) in [6.07, 6.45) is 0. The lowest BCUT2D eigenvalue weighted by Crippen LogP contribution is -2.48. The summed E-state index contributed by atoms with van der Waals surface area (Å²) in [4.78, 5) is 42.4. The van der Waals surface area contributed by atoms with Crippen LogP contribution in [0.5, 0.6) is 5.75 Å². The van der Waals surface area contributed by atoms with E-state index in [1.807, 2.05) is 59.5 Å². The van der Waals surface area contributed by atoms with Gasteiger partial charge in [-0.15, -0.1) is 0 Å². The molecule has 0 radical (unpaired) electrons. The Morgan fingerprint density at radius 1 is 0.833 bits per heavy atom. The molecular weight excluding hydrogens is 456 g/mol. The molecule has 184 valence electrons. The van der Waals surface area contributed by atoms with Gasteiger partial charge in [0.25, 0.3) is 5.91 Å². The summed E-state index contributed by atoms with van der Waals surface area (Å²) >= 11 is 0. The number of ether oxygens (including phenoxy) is 1. The Hall–Kier alpha value is -4.33. The summed E-state index contributed by atoms with van der Waals surface area (Å²) in [5.74, 6) is 0.806. The van der Waals surface area contributed by atoms with Gasteiger partial charge < -0.3 is 19.1 Å². The van der Waals surface area contributed by atoms with Crippen LogP contribution in [0.2, 0.25) is 0 Å². The summed E-state index contributed by atoms with van der Waals surface area (Å²) in [6, 6.07) is 22.6. The number of methoxy groups -OCH3 is 1. The normalized spacial score (nSPS) is 13.7. The lowest BCUT2D eigenvalue weighted by Gasteiger charge is -2.36. The van der Waals surface area contributed by atoms with Gasteiger partial charge in [-0.3, -0.25) is 19.0 Å². The molecule has 0 bridgehead atoms. The summed E-state index contributed by atoms with van der Waals surface area (Å²) < 4.78 is 8.19. The second-order valence-electron chi connectivity index (χ2n) is 8.92. The van der Waals surface area contributed by atoms with Gasteiger partial charge in [-0.2, -0.15) is 0 Å². The number of carbonyl (C=O) groups excluding carboxylic acids is 1. The Morgan fingerprint density at radius 2 is 1.53 bits per heavy atom. The third kappa shape index (κ3) is 4.37. The van der Waals surface area contributed by atoms with E-state index in [0.29, 0.717) is 29.7 Å². The van der Waals surface area contributed by atoms with Crippen molar-refractivity contribution in [1.82, 2.24) is 14.0 Å². The van der Waals surface area contributed by atoms with Crippen LogP contribution >= 0.6 is 0 Å². The Labute approximate surface area is 208 Å². The van der Waals surface area contributed by atoms with Crippen LogP contribution in [0, 0.1) is 0 Å². The molecular formula is C28H28N4O4. The topological polar surface area (TPSA) is 76.8 Å². The van der Waals surface area contributed by atoms with Crippen LogP contribution in [-0.4, -0.2) is 53.2 Å². The fourth-order valence-electron chi connectivity index (χ4n) is 4.70. The maximum atomic E-state index is 13.1. The Kier molecular flexibility index (Phi) is 6.33. The zero-order valence-corrected chi connectivity index (χ0v) is 20.4. The predicted molar refractivity (Wildman–Crippen MR) is 140 cm³/mol. The van der Waals surface area contributed by atoms with Crippen LogP contribution in [0.1, 0.15) is 15.9 Å². The van der Waals surface area contributed by atoms with Crippen molar-refractivity contribution in [3.63, 3.8) is 0 Å². The molecule has 8 heteroatoms. The molecule has 3 aromatic carbocycles. The number of aromatic nitrogens is 2. The molecule has 0 saturated carbocycles. The van der Waals surface area contributed by atoms with Crippen molar-refractivity contribution in [3.05, 3.63) is 105 Å². The largest absolute Gasteiger partial charge is 0.497 e. The quantitative estimate of drug-likeness (QED) is 0.407. The first kappa shape index (κ1) is 23.4. The van der Waals surface area contributed by atoms with Gasteiger partial charge in [-0.25, -0.2) is 0 Å². The van der Waals surface area contributed by atoms with Crippen LogP contribution in [0.15, 0.2) is 82.4 Å². The Bertz CT molecular complexity index is 1530. The molecule has 0 aliphatic carbocycles. The van der Waals surface area contributed by atoms with Crippen molar-refractivity contribution >= 4 is 22.6 Å². The van der Waals surface area contributed by atoms with Gasteiger partial charge in [0.2, 0.25) is 0 Å². The van der Waals surface area contributed by atoms with Crippen LogP contribution in [0.25, 0.3) is 11.0 Å². The number of para-hydroxylation sites is 2. The molecule has 4 aromatic rings. The van der Waals surface area contributed by atoms with Crippen LogP contribution < -0.4 is 20.8 Å². The average molecular weight is 485 g/mol. The number of anilines is 1. The second kappa shape index (κ2) is 9.73. The molecule has 0 spiro atoms. The maximum Gasteiger partial charge on any atom is 0.317 e. The molecule has 1 saturated heterocycles. The number of amides is 1. The molecule has 1 aromatic heterocycles. The van der Waals surface area contributed by atoms with E-state index in [0.717, 1.165) is 30.1 Å². The summed E-state index contributed by atoms with van der Waals surface area (Å²) in [6.45, 7) is 3.01. The zero-order chi connectivity index (χ0) is 25.2. The van der Waals surface area contributed by atoms with Crippen LogP contribution in [0.3, 0.4) is 0 Å². The zero-order valence-electron chi connectivity index (χ0n) is 20.4. The first-order valence-electron chi connectivity index (χ1n) is 11.9. The van der Waals surface area contributed by atoms with E-state index < -0.39 is 11.1 Å². The highest BCUT2D eigenvalue weighted by atomic mass is 16.5. The molecule has 8 nitrogen and oxygen atoms in total. The number of nitrogens with zero attached hydrogens (tertiary/aromatic N) is 4. The number of benzene rings is 3. The fourth-order valence-corrected chi connectivity index (χ4v) is 4.70. The standard InChI is InChI=1S/C28H28N4O4/c1-29-24-8-3-4-9-25(24)32(28(35)27(29)34)19-20-10-12-21(13-11-20)26(33)31-16-14-30(15-17-31)22-6-5-7-23(18-22)36-2/h3-13,18H,14-17,19H2,1-2H3. The monoisotopic (exact) mass is 484 g/mol. The first-order valence-corrected chi connectivity index (χ1v) is 11.9. The Morgan fingerprint density at radius 3 is 2.22 bits per heavy atom. The second-order valence-corrected chi connectivity index (χ2v) is 8.92. The first-order chi connectivity index (χ1) is 17.5. The molecule has 1 aliphatic heterocycles. The van der Waals surface area contributed by atoms with Crippen molar-refractivity contribution in [3.8, 4) is 5.75 Å². The van der Waals surface area contributed by atoms with E-state index in [1.54, 1.807) is 26.3 Å². The summed E-state index contributed by atoms with van der Waals surface area (Å²) in [5, 5.41) is 0. The molecule has 5 rings (SSSR count). The van der Waals surface area contributed by atoms with Crippen molar-refractivity contribution in [2.24, 2.45) is 7.05 Å². The third-order valence-corrected chi connectivity index (χ3v) is 6.79. The molecule has 36 heavy (non-hydrogen) atoms. The Balaban J connectivity index is 1.29. The minimum atomic E-state index is -0.565. The third-order valence-electron chi connectivity index (χ3n) is 6.79. The average Bonchev–Trinajstić information content (AvgIpc) is 2.94. The van der Waals surface area contributed by atoms with Gasteiger partial charge in [0.1, 0.15) is 5.75 Å². The number of aryl methyl sites for hydroxylation is 1. The van der Waals surface area contributed by atoms with Gasteiger partial charge in [0.15, 0.2) is 0 Å². The van der Waals surface area contributed by atoms with Crippen molar-refractivity contribution < 1.29 is 9.53 Å². The minimum absolute atomic E-state index is 0.0111.